The number of carbonyl (C=O) groups excluding carboxylic acids is 1. The molecule has 0 aliphatic heterocycles. The molecule has 2 N–H and O–H groups in total. The number of urea groups is 1. The fraction of sp³-hybridized carbons (Fsp3) is 0.125. The molecule has 1 aromatic heterocycles. The summed E-state index contributed by atoms with van der Waals surface area (Å²) in [5.41, 5.74) is 5.67. The van der Waals surface area contributed by atoms with E-state index in [0.29, 0.717) is 23.9 Å². The fourth-order valence-corrected chi connectivity index (χ4v) is 2.95. The maximum absolute atomic E-state index is 12.2. The van der Waals surface area contributed by atoms with Gasteiger partial charge in [0.15, 0.2) is 0 Å². The number of hydrogen-bond acceptors (Lipinski definition) is 4. The van der Waals surface area contributed by atoms with Crippen LogP contribution in [0.15, 0.2) is 77.2 Å². The minimum atomic E-state index is -0.301. The van der Waals surface area contributed by atoms with Gasteiger partial charge < -0.3 is 15.1 Å². The van der Waals surface area contributed by atoms with Crippen LogP contribution in [0.3, 0.4) is 0 Å². The number of benzene rings is 3. The van der Waals surface area contributed by atoms with Crippen molar-refractivity contribution in [2.45, 2.75) is 20.3 Å². The molecule has 4 aromatic rings. The number of carbonyl (C=O) groups is 1. The summed E-state index contributed by atoms with van der Waals surface area (Å²) in [5, 5.41) is 13.9. The van der Waals surface area contributed by atoms with Crippen molar-refractivity contribution >= 4 is 17.4 Å². The molecule has 6 heteroatoms. The van der Waals surface area contributed by atoms with E-state index in [2.05, 4.69) is 52.0 Å². The number of amides is 2. The quantitative estimate of drug-likeness (QED) is 0.459. The van der Waals surface area contributed by atoms with Gasteiger partial charge in [-0.25, -0.2) is 4.79 Å². The van der Waals surface area contributed by atoms with E-state index in [-0.39, 0.29) is 6.03 Å². The Labute approximate surface area is 175 Å². The highest BCUT2D eigenvalue weighted by atomic mass is 16.4. The van der Waals surface area contributed by atoms with Crippen LogP contribution in [0, 0.1) is 13.8 Å². The zero-order valence-corrected chi connectivity index (χ0v) is 16.8. The molecule has 0 bridgehead atoms. The smallest absolute Gasteiger partial charge is 0.323 e. The molecule has 4 rings (SSSR count). The van der Waals surface area contributed by atoms with Crippen LogP contribution in [0.1, 0.15) is 22.6 Å². The molecule has 0 aliphatic carbocycles. The van der Waals surface area contributed by atoms with Gasteiger partial charge in [0.2, 0.25) is 11.8 Å². The minimum Gasteiger partial charge on any atom is -0.420 e. The Morgan fingerprint density at radius 3 is 1.90 bits per heavy atom. The van der Waals surface area contributed by atoms with Crippen molar-refractivity contribution in [1.29, 1.82) is 0 Å². The van der Waals surface area contributed by atoms with E-state index in [0.717, 1.165) is 22.4 Å². The van der Waals surface area contributed by atoms with Crippen LogP contribution in [0.2, 0.25) is 0 Å². The third-order valence-electron chi connectivity index (χ3n) is 4.64. The van der Waals surface area contributed by atoms with E-state index in [9.17, 15) is 4.79 Å². The van der Waals surface area contributed by atoms with Crippen LogP contribution in [-0.2, 0) is 6.42 Å². The van der Waals surface area contributed by atoms with E-state index in [4.69, 9.17) is 4.42 Å². The van der Waals surface area contributed by atoms with Crippen LogP contribution in [0.4, 0.5) is 16.2 Å². The average molecular weight is 398 g/mol. The van der Waals surface area contributed by atoms with Gasteiger partial charge in [-0.05, 0) is 55.8 Å². The second-order valence-corrected chi connectivity index (χ2v) is 7.19. The number of nitrogens with one attached hydrogen (secondary N) is 2. The lowest BCUT2D eigenvalue weighted by Crippen LogP contribution is -2.19. The lowest BCUT2D eigenvalue weighted by atomic mass is 10.1. The number of nitrogens with zero attached hydrogens (tertiary/aromatic N) is 2. The summed E-state index contributed by atoms with van der Waals surface area (Å²) < 4.78 is 5.79. The first-order chi connectivity index (χ1) is 14.5. The van der Waals surface area contributed by atoms with Crippen molar-refractivity contribution in [2.75, 3.05) is 10.6 Å². The van der Waals surface area contributed by atoms with Gasteiger partial charge in [-0.1, -0.05) is 47.5 Å². The Kier molecular flexibility index (Phi) is 5.57. The summed E-state index contributed by atoms with van der Waals surface area (Å²) in [6, 6.07) is 22.8. The van der Waals surface area contributed by atoms with Crippen molar-refractivity contribution in [2.24, 2.45) is 0 Å². The topological polar surface area (TPSA) is 80.0 Å². The van der Waals surface area contributed by atoms with Crippen LogP contribution >= 0.6 is 0 Å². The molecule has 30 heavy (non-hydrogen) atoms. The number of aromatic nitrogens is 2. The van der Waals surface area contributed by atoms with Gasteiger partial charge in [-0.3, -0.25) is 0 Å². The predicted molar refractivity (Wildman–Crippen MR) is 118 cm³/mol. The second-order valence-electron chi connectivity index (χ2n) is 7.19. The summed E-state index contributed by atoms with van der Waals surface area (Å²) in [6.07, 6.45) is 0.589. The maximum atomic E-state index is 12.2. The number of aryl methyl sites for hydroxylation is 2. The lowest BCUT2D eigenvalue weighted by molar-refractivity contribution is 0.262. The molecule has 2 amide bonds. The highest BCUT2D eigenvalue weighted by molar-refractivity contribution is 5.99. The molecular weight excluding hydrogens is 376 g/mol. The first-order valence-corrected chi connectivity index (χ1v) is 9.68. The molecule has 0 spiro atoms. The highest BCUT2D eigenvalue weighted by Gasteiger charge is 2.10. The Bertz CT molecular complexity index is 1130. The molecule has 0 radical (unpaired) electrons. The molecule has 0 saturated heterocycles. The normalized spacial score (nSPS) is 10.6. The standard InChI is InChI=1S/C24H22N4O2/c1-16-3-7-18(8-4-16)15-22-27-28-23(30-22)19-9-13-21(14-10-19)26-24(29)25-20-11-5-17(2)6-12-20/h3-14H,15H2,1-2H3,(H2,25,26,29). The van der Waals surface area contributed by atoms with E-state index in [1.807, 2.05) is 43.3 Å². The number of rotatable bonds is 5. The van der Waals surface area contributed by atoms with Crippen molar-refractivity contribution in [1.82, 2.24) is 10.2 Å². The van der Waals surface area contributed by atoms with E-state index < -0.39 is 0 Å². The van der Waals surface area contributed by atoms with Gasteiger partial charge in [-0.2, -0.15) is 0 Å². The summed E-state index contributed by atoms with van der Waals surface area (Å²) in [7, 11) is 0. The zero-order valence-electron chi connectivity index (χ0n) is 16.8. The molecule has 0 aliphatic rings. The van der Waals surface area contributed by atoms with Crippen LogP contribution in [-0.4, -0.2) is 16.2 Å². The monoisotopic (exact) mass is 398 g/mol. The summed E-state index contributed by atoms with van der Waals surface area (Å²) in [5.74, 6) is 1.02. The zero-order chi connectivity index (χ0) is 20.9. The van der Waals surface area contributed by atoms with Crippen LogP contribution in [0.5, 0.6) is 0 Å². The first-order valence-electron chi connectivity index (χ1n) is 9.68. The molecule has 1 heterocycles. The molecule has 150 valence electrons. The van der Waals surface area contributed by atoms with Crippen molar-refractivity contribution < 1.29 is 9.21 Å². The average Bonchev–Trinajstić information content (AvgIpc) is 3.20. The Morgan fingerprint density at radius 2 is 1.30 bits per heavy atom. The molecule has 0 fully saturated rings. The maximum Gasteiger partial charge on any atom is 0.323 e. The Hall–Kier alpha value is -3.93. The van der Waals surface area contributed by atoms with Crippen molar-refractivity contribution in [3.05, 3.63) is 95.4 Å². The number of anilines is 2. The molecule has 0 atom stereocenters. The van der Waals surface area contributed by atoms with Gasteiger partial charge in [0.05, 0.1) is 6.42 Å². The Morgan fingerprint density at radius 1 is 0.767 bits per heavy atom. The summed E-state index contributed by atoms with van der Waals surface area (Å²) in [4.78, 5) is 12.2. The highest BCUT2D eigenvalue weighted by Crippen LogP contribution is 2.21. The van der Waals surface area contributed by atoms with Crippen LogP contribution < -0.4 is 10.6 Å². The third kappa shape index (κ3) is 4.91. The summed E-state index contributed by atoms with van der Waals surface area (Å²) >= 11 is 0. The number of hydrogen-bond donors (Lipinski definition) is 2. The summed E-state index contributed by atoms with van der Waals surface area (Å²) in [6.45, 7) is 4.06. The molecule has 3 aromatic carbocycles. The van der Waals surface area contributed by atoms with Gasteiger partial charge in [0.1, 0.15) is 0 Å². The lowest BCUT2D eigenvalue weighted by Gasteiger charge is -2.08. The van der Waals surface area contributed by atoms with Gasteiger partial charge in [-0.15, -0.1) is 10.2 Å². The second kappa shape index (κ2) is 8.61. The first kappa shape index (κ1) is 19.4. The van der Waals surface area contributed by atoms with Crippen LogP contribution in [0.25, 0.3) is 11.5 Å². The van der Waals surface area contributed by atoms with Gasteiger partial charge in [0, 0.05) is 16.9 Å². The van der Waals surface area contributed by atoms with E-state index >= 15 is 0 Å². The van der Waals surface area contributed by atoms with Crippen molar-refractivity contribution in [3.8, 4) is 11.5 Å². The SMILES string of the molecule is Cc1ccc(Cc2nnc(-c3ccc(NC(=O)Nc4ccc(C)cc4)cc3)o2)cc1. The molecule has 0 unspecified atom stereocenters. The molecule has 0 saturated carbocycles. The Balaban J connectivity index is 1.37. The molecule has 6 nitrogen and oxygen atoms in total. The minimum absolute atomic E-state index is 0.301. The predicted octanol–water partition coefficient (Wildman–Crippen LogP) is 5.59. The van der Waals surface area contributed by atoms with Crippen molar-refractivity contribution in [3.63, 3.8) is 0 Å². The van der Waals surface area contributed by atoms with Gasteiger partial charge >= 0.3 is 6.03 Å². The van der Waals surface area contributed by atoms with E-state index in [1.165, 1.54) is 5.56 Å². The largest absolute Gasteiger partial charge is 0.420 e. The van der Waals surface area contributed by atoms with Gasteiger partial charge in [0.25, 0.3) is 0 Å². The van der Waals surface area contributed by atoms with E-state index in [1.54, 1.807) is 12.1 Å². The molecular formula is C24H22N4O2. The third-order valence-corrected chi connectivity index (χ3v) is 4.64. The fourth-order valence-electron chi connectivity index (χ4n) is 2.95.